The zero-order chi connectivity index (χ0) is 11.3. The average Bonchev–Trinajstić information content (AvgIpc) is 2.26. The standard InChI is InChI=1S/C11H15BrFNO/c1-2-14(8-9(15)7-12)11-6-4-3-5-10(11)13/h3-6,9,15H,2,7-8H2,1H3. The van der Waals surface area contributed by atoms with Crippen LogP contribution in [0.2, 0.25) is 0 Å². The largest absolute Gasteiger partial charge is 0.390 e. The number of halogens is 2. The molecule has 0 saturated heterocycles. The van der Waals surface area contributed by atoms with Crippen LogP contribution < -0.4 is 4.90 Å². The monoisotopic (exact) mass is 275 g/mol. The van der Waals surface area contributed by atoms with Crippen LogP contribution in [0.15, 0.2) is 24.3 Å². The van der Waals surface area contributed by atoms with Crippen molar-refractivity contribution in [2.45, 2.75) is 13.0 Å². The predicted molar refractivity (Wildman–Crippen MR) is 64.1 cm³/mol. The Labute approximate surface area is 97.8 Å². The van der Waals surface area contributed by atoms with Gasteiger partial charge in [-0.1, -0.05) is 28.1 Å². The van der Waals surface area contributed by atoms with E-state index in [1.165, 1.54) is 6.07 Å². The highest BCUT2D eigenvalue weighted by Gasteiger charge is 2.12. The number of para-hydroxylation sites is 1. The zero-order valence-electron chi connectivity index (χ0n) is 8.66. The van der Waals surface area contributed by atoms with Crippen molar-refractivity contribution in [1.82, 2.24) is 0 Å². The minimum Gasteiger partial charge on any atom is -0.390 e. The first-order valence-electron chi connectivity index (χ1n) is 4.92. The third kappa shape index (κ3) is 3.47. The molecule has 0 aliphatic rings. The fourth-order valence-electron chi connectivity index (χ4n) is 1.41. The molecule has 0 aliphatic carbocycles. The van der Waals surface area contributed by atoms with Gasteiger partial charge >= 0.3 is 0 Å². The van der Waals surface area contributed by atoms with Crippen molar-refractivity contribution in [3.63, 3.8) is 0 Å². The van der Waals surface area contributed by atoms with E-state index in [4.69, 9.17) is 0 Å². The maximum absolute atomic E-state index is 13.4. The van der Waals surface area contributed by atoms with Crippen LogP contribution >= 0.6 is 15.9 Å². The highest BCUT2D eigenvalue weighted by atomic mass is 79.9. The van der Waals surface area contributed by atoms with E-state index in [2.05, 4.69) is 15.9 Å². The molecule has 4 heteroatoms. The topological polar surface area (TPSA) is 23.5 Å². The summed E-state index contributed by atoms with van der Waals surface area (Å²) in [6, 6.07) is 6.60. The second kappa shape index (κ2) is 6.08. The number of anilines is 1. The van der Waals surface area contributed by atoms with Gasteiger partial charge < -0.3 is 10.0 Å². The fourth-order valence-corrected chi connectivity index (χ4v) is 1.61. The number of benzene rings is 1. The normalized spacial score (nSPS) is 12.5. The summed E-state index contributed by atoms with van der Waals surface area (Å²) in [7, 11) is 0. The lowest BCUT2D eigenvalue weighted by atomic mass is 10.2. The Morgan fingerprint density at radius 1 is 1.47 bits per heavy atom. The lowest BCUT2D eigenvalue weighted by Crippen LogP contribution is -2.33. The molecule has 15 heavy (non-hydrogen) atoms. The molecule has 0 amide bonds. The Kier molecular flexibility index (Phi) is 5.05. The van der Waals surface area contributed by atoms with E-state index in [1.54, 1.807) is 18.2 Å². The van der Waals surface area contributed by atoms with E-state index in [1.807, 2.05) is 11.8 Å². The Morgan fingerprint density at radius 3 is 2.67 bits per heavy atom. The van der Waals surface area contributed by atoms with Crippen LogP contribution in [0.5, 0.6) is 0 Å². The van der Waals surface area contributed by atoms with Gasteiger partial charge in [0.1, 0.15) is 5.82 Å². The van der Waals surface area contributed by atoms with Crippen molar-refractivity contribution >= 4 is 21.6 Å². The molecular formula is C11H15BrFNO. The summed E-state index contributed by atoms with van der Waals surface area (Å²) in [4.78, 5) is 1.82. The molecule has 0 fully saturated rings. The summed E-state index contributed by atoms with van der Waals surface area (Å²) in [6.45, 7) is 3.04. The number of likely N-dealkylation sites (N-methyl/N-ethyl adjacent to an activating group) is 1. The lowest BCUT2D eigenvalue weighted by Gasteiger charge is -2.25. The number of alkyl halides is 1. The summed E-state index contributed by atoms with van der Waals surface area (Å²) in [5.41, 5.74) is 0.542. The number of rotatable bonds is 5. The van der Waals surface area contributed by atoms with E-state index < -0.39 is 6.10 Å². The molecule has 1 rings (SSSR count). The second-order valence-electron chi connectivity index (χ2n) is 3.30. The van der Waals surface area contributed by atoms with Crippen LogP contribution in [-0.2, 0) is 0 Å². The minimum atomic E-state index is -0.482. The average molecular weight is 276 g/mol. The maximum atomic E-state index is 13.4. The molecule has 0 radical (unpaired) electrons. The first kappa shape index (κ1) is 12.5. The van der Waals surface area contributed by atoms with Crippen molar-refractivity contribution in [3.05, 3.63) is 30.1 Å². The highest BCUT2D eigenvalue weighted by Crippen LogP contribution is 2.18. The second-order valence-corrected chi connectivity index (χ2v) is 3.95. The van der Waals surface area contributed by atoms with Crippen molar-refractivity contribution in [1.29, 1.82) is 0 Å². The van der Waals surface area contributed by atoms with Gasteiger partial charge in [0.25, 0.3) is 0 Å². The van der Waals surface area contributed by atoms with Gasteiger partial charge in [-0.05, 0) is 19.1 Å². The molecule has 84 valence electrons. The molecule has 1 N–H and O–H groups in total. The van der Waals surface area contributed by atoms with Crippen LogP contribution in [-0.4, -0.2) is 29.6 Å². The number of aliphatic hydroxyl groups is 1. The third-order valence-corrected chi connectivity index (χ3v) is 2.93. The zero-order valence-corrected chi connectivity index (χ0v) is 10.2. The molecule has 0 saturated carbocycles. The number of nitrogens with zero attached hydrogens (tertiary/aromatic N) is 1. The van der Waals surface area contributed by atoms with Crippen molar-refractivity contribution < 1.29 is 9.50 Å². The quantitative estimate of drug-likeness (QED) is 0.835. The van der Waals surface area contributed by atoms with Crippen LogP contribution in [0.1, 0.15) is 6.92 Å². The molecule has 1 aromatic rings. The Morgan fingerprint density at radius 2 is 2.13 bits per heavy atom. The van der Waals surface area contributed by atoms with Gasteiger partial charge in [-0.3, -0.25) is 0 Å². The first-order valence-corrected chi connectivity index (χ1v) is 6.04. The van der Waals surface area contributed by atoms with Gasteiger partial charge in [0.2, 0.25) is 0 Å². The molecule has 0 heterocycles. The summed E-state index contributed by atoms with van der Waals surface area (Å²) in [6.07, 6.45) is -0.482. The predicted octanol–water partition coefficient (Wildman–Crippen LogP) is 2.41. The van der Waals surface area contributed by atoms with E-state index >= 15 is 0 Å². The van der Waals surface area contributed by atoms with Crippen molar-refractivity contribution in [2.24, 2.45) is 0 Å². The van der Waals surface area contributed by atoms with Gasteiger partial charge in [0.05, 0.1) is 11.8 Å². The van der Waals surface area contributed by atoms with E-state index in [-0.39, 0.29) is 5.82 Å². The highest BCUT2D eigenvalue weighted by molar-refractivity contribution is 9.09. The number of aliphatic hydroxyl groups excluding tert-OH is 1. The molecule has 1 atom stereocenters. The van der Waals surface area contributed by atoms with E-state index in [0.717, 1.165) is 0 Å². The molecule has 1 unspecified atom stereocenters. The van der Waals surface area contributed by atoms with Gasteiger partial charge in [-0.15, -0.1) is 0 Å². The van der Waals surface area contributed by atoms with E-state index in [0.29, 0.717) is 24.1 Å². The summed E-state index contributed by atoms with van der Waals surface area (Å²) >= 11 is 3.19. The van der Waals surface area contributed by atoms with Crippen molar-refractivity contribution in [3.8, 4) is 0 Å². The summed E-state index contributed by atoms with van der Waals surface area (Å²) in [5, 5.41) is 10.00. The smallest absolute Gasteiger partial charge is 0.146 e. The molecule has 1 aromatic carbocycles. The lowest BCUT2D eigenvalue weighted by molar-refractivity contribution is 0.206. The van der Waals surface area contributed by atoms with Gasteiger partial charge in [0.15, 0.2) is 0 Å². The van der Waals surface area contributed by atoms with Gasteiger partial charge in [-0.2, -0.15) is 0 Å². The molecular weight excluding hydrogens is 261 g/mol. The van der Waals surface area contributed by atoms with Gasteiger partial charge in [-0.25, -0.2) is 4.39 Å². The van der Waals surface area contributed by atoms with E-state index in [9.17, 15) is 9.50 Å². The molecule has 0 bridgehead atoms. The first-order chi connectivity index (χ1) is 7.19. The fraction of sp³-hybridized carbons (Fsp3) is 0.455. The summed E-state index contributed by atoms with van der Waals surface area (Å²) in [5.74, 6) is -0.249. The van der Waals surface area contributed by atoms with Crippen LogP contribution in [0.3, 0.4) is 0 Å². The molecule has 0 aliphatic heterocycles. The van der Waals surface area contributed by atoms with Crippen LogP contribution in [0, 0.1) is 5.82 Å². The Bertz CT molecular complexity index is 308. The number of hydrogen-bond donors (Lipinski definition) is 1. The SMILES string of the molecule is CCN(CC(O)CBr)c1ccccc1F. The van der Waals surface area contributed by atoms with Gasteiger partial charge in [0, 0.05) is 18.4 Å². The Balaban J connectivity index is 2.78. The van der Waals surface area contributed by atoms with Crippen LogP contribution in [0.4, 0.5) is 10.1 Å². The Hall–Kier alpha value is -0.610. The molecule has 0 spiro atoms. The maximum Gasteiger partial charge on any atom is 0.146 e. The summed E-state index contributed by atoms with van der Waals surface area (Å²) < 4.78 is 13.4. The molecule has 0 aromatic heterocycles. The third-order valence-electron chi connectivity index (χ3n) is 2.18. The number of hydrogen-bond acceptors (Lipinski definition) is 2. The van der Waals surface area contributed by atoms with Crippen LogP contribution in [0.25, 0.3) is 0 Å². The minimum absolute atomic E-state index is 0.249. The van der Waals surface area contributed by atoms with Crippen molar-refractivity contribution in [2.75, 3.05) is 23.3 Å². The molecule has 2 nitrogen and oxygen atoms in total.